The summed E-state index contributed by atoms with van der Waals surface area (Å²) >= 11 is 1.58. The third-order valence-electron chi connectivity index (χ3n) is 6.28. The highest BCUT2D eigenvalue weighted by Gasteiger charge is 2.40. The Bertz CT molecular complexity index is 922. The molecule has 1 amide bonds. The lowest BCUT2D eigenvalue weighted by Gasteiger charge is -2.46. The van der Waals surface area contributed by atoms with E-state index in [2.05, 4.69) is 48.2 Å². The number of anilines is 2. The number of nitrogens with zero attached hydrogens (tertiary/aromatic N) is 3. The van der Waals surface area contributed by atoms with Crippen molar-refractivity contribution in [2.45, 2.75) is 83.8 Å². The van der Waals surface area contributed by atoms with Gasteiger partial charge in [0, 0.05) is 29.4 Å². The summed E-state index contributed by atoms with van der Waals surface area (Å²) in [5.41, 5.74) is 2.09. The molecule has 2 aliphatic rings. The van der Waals surface area contributed by atoms with Crippen LogP contribution in [0.2, 0.25) is 0 Å². The summed E-state index contributed by atoms with van der Waals surface area (Å²) in [5, 5.41) is 9.89. The van der Waals surface area contributed by atoms with Crippen molar-refractivity contribution in [3.05, 3.63) is 35.0 Å². The van der Waals surface area contributed by atoms with Crippen molar-refractivity contribution in [3.63, 3.8) is 0 Å². The molecule has 0 unspecified atom stereocenters. The number of amides is 1. The van der Waals surface area contributed by atoms with Crippen LogP contribution in [0.15, 0.2) is 23.6 Å². The molecular formula is C24H35N5OS. The van der Waals surface area contributed by atoms with Crippen LogP contribution in [-0.4, -0.2) is 38.4 Å². The average molecular weight is 442 g/mol. The molecule has 6 nitrogen and oxygen atoms in total. The van der Waals surface area contributed by atoms with E-state index in [1.165, 1.54) is 0 Å². The zero-order valence-electron chi connectivity index (χ0n) is 19.4. The van der Waals surface area contributed by atoms with Gasteiger partial charge in [-0.05, 0) is 78.4 Å². The molecule has 2 aromatic rings. The third kappa shape index (κ3) is 5.44. The number of carbonyl (C=O) groups excluding carboxylic acids is 1. The molecule has 2 aromatic heterocycles. The van der Waals surface area contributed by atoms with Crippen LogP contribution in [0.1, 0.15) is 77.2 Å². The van der Waals surface area contributed by atoms with Crippen molar-refractivity contribution < 1.29 is 4.79 Å². The van der Waals surface area contributed by atoms with Crippen LogP contribution in [0.3, 0.4) is 0 Å². The minimum atomic E-state index is 0.0623. The summed E-state index contributed by atoms with van der Waals surface area (Å²) in [5.74, 6) is 1.47. The number of hydrogen-bond donors (Lipinski definition) is 2. The number of thiazole rings is 1. The van der Waals surface area contributed by atoms with Gasteiger partial charge in [-0.2, -0.15) is 0 Å². The van der Waals surface area contributed by atoms with E-state index in [1.807, 2.05) is 30.5 Å². The van der Waals surface area contributed by atoms with Gasteiger partial charge >= 0.3 is 0 Å². The number of nitrogens with one attached hydrogen (secondary N) is 2. The quantitative estimate of drug-likeness (QED) is 0.667. The van der Waals surface area contributed by atoms with Crippen LogP contribution in [0, 0.1) is 12.8 Å². The van der Waals surface area contributed by atoms with Crippen LogP contribution in [-0.2, 0) is 4.79 Å². The predicted molar refractivity (Wildman–Crippen MR) is 127 cm³/mol. The van der Waals surface area contributed by atoms with Crippen molar-refractivity contribution in [2.75, 3.05) is 11.9 Å². The highest BCUT2D eigenvalue weighted by Crippen LogP contribution is 2.37. The second-order valence-electron chi connectivity index (χ2n) is 10.5. The maximum absolute atomic E-state index is 13.4. The van der Waals surface area contributed by atoms with Gasteiger partial charge in [-0.15, -0.1) is 11.3 Å². The summed E-state index contributed by atoms with van der Waals surface area (Å²) in [6.07, 6.45) is 4.70. The van der Waals surface area contributed by atoms with Crippen LogP contribution < -0.4 is 10.6 Å². The highest BCUT2D eigenvalue weighted by molar-refractivity contribution is 7.13. The first-order valence-corrected chi connectivity index (χ1v) is 12.2. The van der Waals surface area contributed by atoms with Crippen molar-refractivity contribution in [2.24, 2.45) is 5.92 Å². The lowest BCUT2D eigenvalue weighted by atomic mass is 9.74. The van der Waals surface area contributed by atoms with E-state index in [0.717, 1.165) is 54.6 Å². The van der Waals surface area contributed by atoms with Crippen LogP contribution in [0.25, 0.3) is 0 Å². The topological polar surface area (TPSA) is 70.2 Å². The van der Waals surface area contributed by atoms with Crippen LogP contribution >= 0.6 is 11.3 Å². The lowest BCUT2D eigenvalue weighted by Crippen LogP contribution is -2.58. The van der Waals surface area contributed by atoms with Crippen molar-refractivity contribution in [1.82, 2.24) is 20.2 Å². The van der Waals surface area contributed by atoms with E-state index >= 15 is 0 Å². The summed E-state index contributed by atoms with van der Waals surface area (Å²) in [6, 6.07) is 6.09. The fraction of sp³-hybridized carbons (Fsp3) is 0.625. The number of carbonyl (C=O) groups is 1. The Kier molecular flexibility index (Phi) is 6.10. The fourth-order valence-corrected chi connectivity index (χ4v) is 6.34. The van der Waals surface area contributed by atoms with Gasteiger partial charge in [0.05, 0.1) is 17.4 Å². The molecule has 2 fully saturated rings. The molecule has 168 valence electrons. The minimum Gasteiger partial charge on any atom is -0.334 e. The lowest BCUT2D eigenvalue weighted by molar-refractivity contribution is -0.133. The fourth-order valence-electron chi connectivity index (χ4n) is 5.64. The standard InChI is InChI=1S/C24H35N5OS/c1-16-15-31-22(25-16)27-20-10-6-8-18(26-20)19-9-7-11-29(19)21(30)12-17-13-23(2,3)28-24(4,5)14-17/h6,8,10,15,17,19,28H,7,9,11-14H2,1-5H3,(H,25,26,27)/t19-/m1/s1. The number of rotatable bonds is 5. The van der Waals surface area contributed by atoms with E-state index in [-0.39, 0.29) is 23.0 Å². The average Bonchev–Trinajstić information content (AvgIpc) is 3.28. The third-order valence-corrected chi connectivity index (χ3v) is 7.15. The van der Waals surface area contributed by atoms with Gasteiger partial charge in [0.15, 0.2) is 5.13 Å². The zero-order valence-corrected chi connectivity index (χ0v) is 20.2. The summed E-state index contributed by atoms with van der Waals surface area (Å²) in [7, 11) is 0. The normalized spacial score (nSPS) is 23.1. The molecule has 4 heterocycles. The number of piperidine rings is 1. The number of pyridine rings is 1. The first-order valence-electron chi connectivity index (χ1n) is 11.4. The molecule has 0 aromatic carbocycles. The molecular weight excluding hydrogens is 406 g/mol. The first kappa shape index (κ1) is 22.2. The highest BCUT2D eigenvalue weighted by atomic mass is 32.1. The number of likely N-dealkylation sites (tertiary alicyclic amines) is 1. The van der Waals surface area contributed by atoms with Crippen molar-refractivity contribution in [3.8, 4) is 0 Å². The smallest absolute Gasteiger partial charge is 0.223 e. The van der Waals surface area contributed by atoms with E-state index in [0.29, 0.717) is 12.3 Å². The van der Waals surface area contributed by atoms with Gasteiger partial charge in [-0.3, -0.25) is 4.79 Å². The molecule has 0 spiro atoms. The van der Waals surface area contributed by atoms with Gasteiger partial charge in [0.25, 0.3) is 0 Å². The molecule has 0 aliphatic carbocycles. The summed E-state index contributed by atoms with van der Waals surface area (Å²) < 4.78 is 0. The summed E-state index contributed by atoms with van der Waals surface area (Å²) in [4.78, 5) is 24.7. The second kappa shape index (κ2) is 8.51. The SMILES string of the molecule is Cc1csc(Nc2cccc([C@H]3CCCN3C(=O)CC3CC(C)(C)NC(C)(C)C3)n2)n1. The largest absolute Gasteiger partial charge is 0.334 e. The number of hydrogen-bond acceptors (Lipinski definition) is 6. The molecule has 2 N–H and O–H groups in total. The van der Waals surface area contributed by atoms with Crippen LogP contribution in [0.5, 0.6) is 0 Å². The summed E-state index contributed by atoms with van der Waals surface area (Å²) in [6.45, 7) is 11.8. The molecule has 7 heteroatoms. The predicted octanol–water partition coefficient (Wildman–Crippen LogP) is 5.20. The molecule has 0 bridgehead atoms. The van der Waals surface area contributed by atoms with Gasteiger partial charge in [0.1, 0.15) is 5.82 Å². The molecule has 4 rings (SSSR count). The molecule has 0 radical (unpaired) electrons. The van der Waals surface area contributed by atoms with E-state index in [1.54, 1.807) is 11.3 Å². The minimum absolute atomic E-state index is 0.0623. The maximum Gasteiger partial charge on any atom is 0.223 e. The second-order valence-corrected chi connectivity index (χ2v) is 11.3. The molecule has 1 atom stereocenters. The Morgan fingerprint density at radius 2 is 1.97 bits per heavy atom. The molecule has 2 saturated heterocycles. The zero-order chi connectivity index (χ0) is 22.2. The van der Waals surface area contributed by atoms with Gasteiger partial charge in [-0.25, -0.2) is 9.97 Å². The molecule has 31 heavy (non-hydrogen) atoms. The van der Waals surface area contributed by atoms with Crippen molar-refractivity contribution >= 4 is 28.2 Å². The Balaban J connectivity index is 1.45. The van der Waals surface area contributed by atoms with Gasteiger partial charge < -0.3 is 15.5 Å². The molecule has 2 aliphatic heterocycles. The number of aryl methyl sites for hydroxylation is 1. The monoisotopic (exact) mass is 441 g/mol. The van der Waals surface area contributed by atoms with Gasteiger partial charge in [-0.1, -0.05) is 6.07 Å². The van der Waals surface area contributed by atoms with Crippen LogP contribution in [0.4, 0.5) is 10.9 Å². The maximum atomic E-state index is 13.4. The van der Waals surface area contributed by atoms with E-state index in [9.17, 15) is 4.79 Å². The van der Waals surface area contributed by atoms with Gasteiger partial charge in [0.2, 0.25) is 5.91 Å². The number of aromatic nitrogens is 2. The molecule has 0 saturated carbocycles. The van der Waals surface area contributed by atoms with E-state index in [4.69, 9.17) is 4.98 Å². The Morgan fingerprint density at radius 1 is 1.23 bits per heavy atom. The Hall–Kier alpha value is -1.99. The first-order chi connectivity index (χ1) is 14.6. The Labute approximate surface area is 189 Å². The Morgan fingerprint density at radius 3 is 2.65 bits per heavy atom. The van der Waals surface area contributed by atoms with E-state index < -0.39 is 0 Å². The van der Waals surface area contributed by atoms with Crippen molar-refractivity contribution in [1.29, 1.82) is 0 Å².